The van der Waals surface area contributed by atoms with Crippen LogP contribution in [0.2, 0.25) is 5.02 Å². The van der Waals surface area contributed by atoms with Gasteiger partial charge >= 0.3 is 0 Å². The van der Waals surface area contributed by atoms with Gasteiger partial charge in [-0.2, -0.15) is 5.10 Å². The zero-order valence-corrected chi connectivity index (χ0v) is 15.9. The number of carbonyl (C=O) groups is 1. The maximum Gasteiger partial charge on any atom is 0.251 e. The minimum atomic E-state index is -0.524. The van der Waals surface area contributed by atoms with Crippen molar-refractivity contribution in [3.63, 3.8) is 0 Å². The molecule has 1 N–H and O–H groups in total. The highest BCUT2D eigenvalue weighted by molar-refractivity contribution is 6.31. The Hall–Kier alpha value is -2.67. The summed E-state index contributed by atoms with van der Waals surface area (Å²) >= 11 is 6.16. The molecule has 1 atom stereocenters. The number of anilines is 1. The highest BCUT2D eigenvalue weighted by atomic mass is 35.5. The minimum absolute atomic E-state index is 0.249. The Bertz CT molecular complexity index is 945. The Morgan fingerprint density at radius 2 is 1.96 bits per heavy atom. The fraction of sp³-hybridized carbons (Fsp3) is 0.333. The molecule has 1 amide bonds. The monoisotopic (exact) mass is 372 g/mol. The first-order chi connectivity index (χ1) is 12.4. The van der Waals surface area contributed by atoms with Crippen molar-refractivity contribution < 1.29 is 4.79 Å². The van der Waals surface area contributed by atoms with E-state index in [-0.39, 0.29) is 11.9 Å². The van der Waals surface area contributed by atoms with Gasteiger partial charge in [0.25, 0.3) is 5.91 Å². The molecular formula is C18H21ClN6O. The van der Waals surface area contributed by atoms with Crippen LogP contribution in [0.4, 0.5) is 5.95 Å². The Morgan fingerprint density at radius 3 is 2.62 bits per heavy atom. The zero-order chi connectivity index (χ0) is 18.8. The lowest BCUT2D eigenvalue weighted by Crippen LogP contribution is -2.25. The molecule has 8 heteroatoms. The summed E-state index contributed by atoms with van der Waals surface area (Å²) < 4.78 is 3.31. The third-order valence-corrected chi connectivity index (χ3v) is 4.90. The SMILES string of the molecule is Cc1ccccc1Cn1cnc(NC(=O)C(C)n2nc(C)c(Cl)c2C)n1. The molecule has 0 spiro atoms. The summed E-state index contributed by atoms with van der Waals surface area (Å²) in [4.78, 5) is 16.7. The van der Waals surface area contributed by atoms with Crippen molar-refractivity contribution in [2.24, 2.45) is 0 Å². The molecule has 1 aromatic carbocycles. The zero-order valence-electron chi connectivity index (χ0n) is 15.2. The van der Waals surface area contributed by atoms with Gasteiger partial charge in [0.15, 0.2) is 0 Å². The molecule has 0 aliphatic carbocycles. The summed E-state index contributed by atoms with van der Waals surface area (Å²) in [5.74, 6) is 0.0176. The topological polar surface area (TPSA) is 77.6 Å². The number of hydrogen-bond donors (Lipinski definition) is 1. The quantitative estimate of drug-likeness (QED) is 0.745. The van der Waals surface area contributed by atoms with E-state index in [1.54, 1.807) is 22.6 Å². The molecule has 0 saturated carbocycles. The average Bonchev–Trinajstić information content (AvgIpc) is 3.16. The maximum atomic E-state index is 12.5. The smallest absolute Gasteiger partial charge is 0.251 e. The number of halogens is 1. The van der Waals surface area contributed by atoms with E-state index in [2.05, 4.69) is 33.5 Å². The molecule has 0 fully saturated rings. The summed E-state index contributed by atoms with van der Waals surface area (Å²) in [5, 5.41) is 12.0. The van der Waals surface area contributed by atoms with Gasteiger partial charge in [-0.05, 0) is 38.8 Å². The number of nitrogens with zero attached hydrogens (tertiary/aromatic N) is 5. The van der Waals surface area contributed by atoms with Crippen LogP contribution in [-0.2, 0) is 11.3 Å². The van der Waals surface area contributed by atoms with E-state index in [9.17, 15) is 4.79 Å². The van der Waals surface area contributed by atoms with E-state index in [4.69, 9.17) is 11.6 Å². The van der Waals surface area contributed by atoms with Crippen LogP contribution < -0.4 is 5.32 Å². The average molecular weight is 373 g/mol. The predicted octanol–water partition coefficient (Wildman–Crippen LogP) is 3.30. The number of nitrogens with one attached hydrogen (secondary N) is 1. The van der Waals surface area contributed by atoms with Gasteiger partial charge in [0.05, 0.1) is 23.0 Å². The first-order valence-corrected chi connectivity index (χ1v) is 8.70. The lowest BCUT2D eigenvalue weighted by molar-refractivity contribution is -0.119. The molecule has 2 heterocycles. The van der Waals surface area contributed by atoms with Crippen LogP contribution in [0.25, 0.3) is 0 Å². The Labute approximate surface area is 157 Å². The van der Waals surface area contributed by atoms with Gasteiger partial charge < -0.3 is 0 Å². The van der Waals surface area contributed by atoms with Crippen molar-refractivity contribution in [1.82, 2.24) is 24.5 Å². The van der Waals surface area contributed by atoms with Crippen LogP contribution >= 0.6 is 11.6 Å². The summed E-state index contributed by atoms with van der Waals surface area (Å²) in [5.41, 5.74) is 3.79. The molecule has 1 unspecified atom stereocenters. The van der Waals surface area contributed by atoms with E-state index in [0.29, 0.717) is 17.3 Å². The summed E-state index contributed by atoms with van der Waals surface area (Å²) in [7, 11) is 0. The van der Waals surface area contributed by atoms with Gasteiger partial charge in [-0.25, -0.2) is 9.67 Å². The van der Waals surface area contributed by atoms with Crippen LogP contribution in [0.15, 0.2) is 30.6 Å². The molecule has 0 saturated heterocycles. The number of amides is 1. The highest BCUT2D eigenvalue weighted by Gasteiger charge is 2.21. The van der Waals surface area contributed by atoms with Crippen LogP contribution in [0.1, 0.15) is 35.5 Å². The number of aromatic nitrogens is 5. The van der Waals surface area contributed by atoms with Gasteiger partial charge in [-0.15, -0.1) is 5.10 Å². The summed E-state index contributed by atoms with van der Waals surface area (Å²) in [6, 6.07) is 7.56. The van der Waals surface area contributed by atoms with Crippen molar-refractivity contribution >= 4 is 23.5 Å². The third-order valence-electron chi connectivity index (χ3n) is 4.35. The van der Waals surface area contributed by atoms with Crippen LogP contribution in [0.5, 0.6) is 0 Å². The van der Waals surface area contributed by atoms with E-state index < -0.39 is 6.04 Å². The van der Waals surface area contributed by atoms with Crippen molar-refractivity contribution in [2.45, 2.75) is 40.3 Å². The molecule has 7 nitrogen and oxygen atoms in total. The minimum Gasteiger partial charge on any atom is -0.291 e. The largest absolute Gasteiger partial charge is 0.291 e. The number of rotatable bonds is 5. The molecular weight excluding hydrogens is 352 g/mol. The number of hydrogen-bond acceptors (Lipinski definition) is 4. The van der Waals surface area contributed by atoms with Crippen LogP contribution in [-0.4, -0.2) is 30.5 Å². The van der Waals surface area contributed by atoms with Gasteiger partial charge in [-0.3, -0.25) is 14.8 Å². The van der Waals surface area contributed by atoms with Crippen molar-refractivity contribution in [3.05, 3.63) is 58.1 Å². The van der Waals surface area contributed by atoms with Gasteiger partial charge in [0.2, 0.25) is 5.95 Å². The van der Waals surface area contributed by atoms with Crippen molar-refractivity contribution in [1.29, 1.82) is 0 Å². The molecule has 0 radical (unpaired) electrons. The van der Waals surface area contributed by atoms with Gasteiger partial charge in [0, 0.05) is 0 Å². The van der Waals surface area contributed by atoms with Crippen molar-refractivity contribution in [3.8, 4) is 0 Å². The van der Waals surface area contributed by atoms with E-state index in [0.717, 1.165) is 11.3 Å². The fourth-order valence-corrected chi connectivity index (χ4v) is 2.86. The molecule has 0 aliphatic heterocycles. The predicted molar refractivity (Wildman–Crippen MR) is 100 cm³/mol. The normalized spacial score (nSPS) is 12.2. The highest BCUT2D eigenvalue weighted by Crippen LogP contribution is 2.22. The maximum absolute atomic E-state index is 12.5. The summed E-state index contributed by atoms with van der Waals surface area (Å²) in [6.45, 7) is 8.05. The number of carbonyl (C=O) groups excluding carboxylic acids is 1. The van der Waals surface area contributed by atoms with E-state index >= 15 is 0 Å². The van der Waals surface area contributed by atoms with E-state index in [1.807, 2.05) is 32.0 Å². The third kappa shape index (κ3) is 3.62. The second kappa shape index (κ2) is 7.29. The fourth-order valence-electron chi connectivity index (χ4n) is 2.74. The van der Waals surface area contributed by atoms with E-state index in [1.165, 1.54) is 5.56 Å². The Kier molecular flexibility index (Phi) is 5.08. The lowest BCUT2D eigenvalue weighted by Gasteiger charge is -2.13. The molecule has 2 aromatic heterocycles. The molecule has 3 aromatic rings. The molecule has 136 valence electrons. The first-order valence-electron chi connectivity index (χ1n) is 8.33. The molecule has 0 aliphatic rings. The first kappa shape index (κ1) is 18.1. The van der Waals surface area contributed by atoms with Crippen LogP contribution in [0, 0.1) is 20.8 Å². The van der Waals surface area contributed by atoms with Gasteiger partial charge in [-0.1, -0.05) is 35.9 Å². The lowest BCUT2D eigenvalue weighted by atomic mass is 10.1. The second-order valence-corrected chi connectivity index (χ2v) is 6.66. The standard InChI is InChI=1S/C18H21ClN6O/c1-11-7-5-6-8-15(11)9-24-10-20-18(23-24)21-17(26)14(4)25-13(3)16(19)12(2)22-25/h5-8,10,14H,9H2,1-4H3,(H,21,23,26). The van der Waals surface area contributed by atoms with Crippen molar-refractivity contribution in [2.75, 3.05) is 5.32 Å². The van der Waals surface area contributed by atoms with Gasteiger partial charge in [0.1, 0.15) is 12.4 Å². The van der Waals surface area contributed by atoms with Crippen LogP contribution in [0.3, 0.4) is 0 Å². The molecule has 3 rings (SSSR count). The Morgan fingerprint density at radius 1 is 1.23 bits per heavy atom. The molecule has 0 bridgehead atoms. The second-order valence-electron chi connectivity index (χ2n) is 6.29. The summed E-state index contributed by atoms with van der Waals surface area (Å²) in [6.07, 6.45) is 1.60. The Balaban J connectivity index is 1.69. The number of benzene rings is 1. The molecule has 26 heavy (non-hydrogen) atoms. The number of aryl methyl sites for hydroxylation is 2.